The number of aromatic amines is 1. The Morgan fingerprint density at radius 1 is 1.10 bits per heavy atom. The summed E-state index contributed by atoms with van der Waals surface area (Å²) < 4.78 is 12.2. The van der Waals surface area contributed by atoms with Crippen molar-refractivity contribution in [1.82, 2.24) is 4.98 Å². The van der Waals surface area contributed by atoms with Gasteiger partial charge < -0.3 is 14.3 Å². The summed E-state index contributed by atoms with van der Waals surface area (Å²) in [6, 6.07) is 1.70. The van der Waals surface area contributed by atoms with E-state index in [1.54, 1.807) is 12.3 Å². The van der Waals surface area contributed by atoms with Crippen molar-refractivity contribution in [3.8, 4) is 0 Å². The summed E-state index contributed by atoms with van der Waals surface area (Å²) in [5.41, 5.74) is 1.34. The van der Waals surface area contributed by atoms with Gasteiger partial charge in [0.05, 0.1) is 11.2 Å². The van der Waals surface area contributed by atoms with Crippen LogP contribution in [0.5, 0.6) is 0 Å². The molecular formula is C15H22BNO3. The van der Waals surface area contributed by atoms with Gasteiger partial charge in [0.25, 0.3) is 0 Å². The van der Waals surface area contributed by atoms with Gasteiger partial charge in [-0.3, -0.25) is 4.79 Å². The van der Waals surface area contributed by atoms with Crippen molar-refractivity contribution in [3.05, 3.63) is 28.2 Å². The van der Waals surface area contributed by atoms with E-state index in [0.29, 0.717) is 0 Å². The highest BCUT2D eigenvalue weighted by atomic mass is 16.7. The number of H-pyrrole nitrogens is 1. The third kappa shape index (κ3) is 2.04. The molecule has 1 aromatic rings. The molecule has 3 rings (SSSR count). The topological polar surface area (TPSA) is 51.3 Å². The molecule has 2 aliphatic rings. The second-order valence-corrected chi connectivity index (χ2v) is 7.32. The summed E-state index contributed by atoms with van der Waals surface area (Å²) in [6.45, 7) is 10.3. The molecule has 108 valence electrons. The van der Waals surface area contributed by atoms with Gasteiger partial charge in [-0.25, -0.2) is 0 Å². The Kier molecular flexibility index (Phi) is 2.77. The molecule has 5 heteroatoms. The molecule has 0 amide bonds. The smallest absolute Gasteiger partial charge is 0.399 e. The lowest BCUT2D eigenvalue weighted by molar-refractivity contribution is 0.00578. The molecule has 2 heterocycles. The highest BCUT2D eigenvalue weighted by molar-refractivity contribution is 6.62. The molecule has 2 fully saturated rings. The first kappa shape index (κ1) is 13.9. The summed E-state index contributed by atoms with van der Waals surface area (Å²) in [5, 5.41) is 0. The molecule has 1 aliphatic heterocycles. The highest BCUT2D eigenvalue weighted by Crippen LogP contribution is 2.47. The molecular weight excluding hydrogens is 253 g/mol. The Hall–Kier alpha value is -1.07. The number of nitrogens with one attached hydrogen (secondary N) is 1. The van der Waals surface area contributed by atoms with Crippen molar-refractivity contribution in [2.24, 2.45) is 0 Å². The predicted octanol–water partition coefficient (Wildman–Crippen LogP) is 1.73. The minimum atomic E-state index is -0.413. The van der Waals surface area contributed by atoms with Crippen molar-refractivity contribution >= 4 is 12.6 Å². The summed E-state index contributed by atoms with van der Waals surface area (Å²) in [7, 11) is -0.413. The largest absolute Gasteiger partial charge is 0.496 e. The fourth-order valence-corrected chi connectivity index (χ4v) is 2.63. The van der Waals surface area contributed by atoms with Crippen LogP contribution in [-0.2, 0) is 14.7 Å². The Bertz CT molecular complexity index is 585. The summed E-state index contributed by atoms with van der Waals surface area (Å²) in [5.74, 6) is 0. The number of pyridine rings is 1. The van der Waals surface area contributed by atoms with E-state index in [1.165, 1.54) is 0 Å². The molecule has 1 saturated heterocycles. The van der Waals surface area contributed by atoms with Gasteiger partial charge in [-0.1, -0.05) is 6.92 Å². The van der Waals surface area contributed by atoms with E-state index in [-0.39, 0.29) is 22.2 Å². The maximum Gasteiger partial charge on any atom is 0.496 e. The van der Waals surface area contributed by atoms with E-state index in [9.17, 15) is 4.79 Å². The van der Waals surface area contributed by atoms with Crippen LogP contribution in [0.15, 0.2) is 17.1 Å². The van der Waals surface area contributed by atoms with Gasteiger partial charge in [-0.15, -0.1) is 0 Å². The standard InChI is InChI=1S/C15H22BNO3/c1-13(2)14(3,4)20-16(19-13)11-9-17-12(18)8-10(11)15(5)6-7-15/h8-9H,6-7H2,1-5H3,(H,17,18). The average molecular weight is 275 g/mol. The van der Waals surface area contributed by atoms with Crippen molar-refractivity contribution < 1.29 is 9.31 Å². The second-order valence-electron chi connectivity index (χ2n) is 7.32. The van der Waals surface area contributed by atoms with Crippen molar-refractivity contribution in [2.45, 2.75) is 64.1 Å². The molecule has 1 N–H and O–H groups in total. The second kappa shape index (κ2) is 3.98. The zero-order valence-electron chi connectivity index (χ0n) is 12.9. The first-order chi connectivity index (χ1) is 9.15. The molecule has 4 nitrogen and oxygen atoms in total. The monoisotopic (exact) mass is 275 g/mol. The van der Waals surface area contributed by atoms with Crippen molar-refractivity contribution in [3.63, 3.8) is 0 Å². The highest BCUT2D eigenvalue weighted by Gasteiger charge is 2.54. The summed E-state index contributed by atoms with van der Waals surface area (Å²) in [6.07, 6.45) is 3.98. The first-order valence-electron chi connectivity index (χ1n) is 7.23. The van der Waals surface area contributed by atoms with Crippen LogP contribution in [0.2, 0.25) is 0 Å². The van der Waals surface area contributed by atoms with Crippen LogP contribution in [0.4, 0.5) is 0 Å². The number of rotatable bonds is 2. The van der Waals surface area contributed by atoms with E-state index in [4.69, 9.17) is 9.31 Å². The third-order valence-electron chi connectivity index (χ3n) is 5.11. The molecule has 1 saturated carbocycles. The average Bonchev–Trinajstić information content (AvgIpc) is 3.02. The van der Waals surface area contributed by atoms with E-state index < -0.39 is 7.12 Å². The maximum atomic E-state index is 11.6. The minimum Gasteiger partial charge on any atom is -0.399 e. The van der Waals surface area contributed by atoms with E-state index in [1.807, 2.05) is 27.7 Å². The number of hydrogen-bond donors (Lipinski definition) is 1. The summed E-state index contributed by atoms with van der Waals surface area (Å²) in [4.78, 5) is 14.4. The Morgan fingerprint density at radius 2 is 1.65 bits per heavy atom. The van der Waals surface area contributed by atoms with E-state index >= 15 is 0 Å². The lowest BCUT2D eigenvalue weighted by atomic mass is 9.73. The molecule has 0 bridgehead atoms. The van der Waals surface area contributed by atoms with Crippen LogP contribution >= 0.6 is 0 Å². The minimum absolute atomic E-state index is 0.0617. The Labute approximate surface area is 120 Å². The Balaban J connectivity index is 2.02. The number of hydrogen-bond acceptors (Lipinski definition) is 3. The zero-order chi connectivity index (χ0) is 14.8. The lowest BCUT2D eigenvalue weighted by Gasteiger charge is -2.32. The fourth-order valence-electron chi connectivity index (χ4n) is 2.63. The SMILES string of the molecule is CC1(c2cc(=O)[nH]cc2B2OC(C)(C)C(C)(C)O2)CC1. The van der Waals surface area contributed by atoms with Gasteiger partial charge in [0.2, 0.25) is 5.56 Å². The van der Waals surface area contributed by atoms with Crippen LogP contribution in [0.3, 0.4) is 0 Å². The van der Waals surface area contributed by atoms with Gasteiger partial charge in [0.15, 0.2) is 0 Å². The molecule has 0 unspecified atom stereocenters. The Morgan fingerprint density at radius 3 is 2.15 bits per heavy atom. The maximum absolute atomic E-state index is 11.6. The zero-order valence-corrected chi connectivity index (χ0v) is 12.9. The molecule has 0 atom stereocenters. The van der Waals surface area contributed by atoms with E-state index in [2.05, 4.69) is 11.9 Å². The fraction of sp³-hybridized carbons (Fsp3) is 0.667. The van der Waals surface area contributed by atoms with Crippen LogP contribution in [0.25, 0.3) is 0 Å². The van der Waals surface area contributed by atoms with Crippen molar-refractivity contribution in [2.75, 3.05) is 0 Å². The lowest BCUT2D eigenvalue weighted by Crippen LogP contribution is -2.41. The third-order valence-corrected chi connectivity index (χ3v) is 5.11. The van der Waals surface area contributed by atoms with Gasteiger partial charge in [-0.2, -0.15) is 0 Å². The van der Waals surface area contributed by atoms with Gasteiger partial charge in [0, 0.05) is 17.7 Å². The van der Waals surface area contributed by atoms with E-state index in [0.717, 1.165) is 23.9 Å². The van der Waals surface area contributed by atoms with Crippen molar-refractivity contribution in [1.29, 1.82) is 0 Å². The molecule has 0 radical (unpaired) electrons. The molecule has 1 aliphatic carbocycles. The molecule has 0 spiro atoms. The van der Waals surface area contributed by atoms with Crippen LogP contribution < -0.4 is 11.0 Å². The predicted molar refractivity (Wildman–Crippen MR) is 79.4 cm³/mol. The molecule has 1 aromatic heterocycles. The first-order valence-corrected chi connectivity index (χ1v) is 7.23. The molecule has 0 aromatic carbocycles. The van der Waals surface area contributed by atoms with Gasteiger partial charge >= 0.3 is 7.12 Å². The molecule has 20 heavy (non-hydrogen) atoms. The van der Waals surface area contributed by atoms with Crippen LogP contribution in [-0.4, -0.2) is 23.3 Å². The van der Waals surface area contributed by atoms with Gasteiger partial charge in [-0.05, 0) is 51.5 Å². The number of aromatic nitrogens is 1. The quantitative estimate of drug-likeness (QED) is 0.836. The van der Waals surface area contributed by atoms with Crippen LogP contribution in [0.1, 0.15) is 53.0 Å². The summed E-state index contributed by atoms with van der Waals surface area (Å²) >= 11 is 0. The van der Waals surface area contributed by atoms with Gasteiger partial charge in [0.1, 0.15) is 0 Å². The van der Waals surface area contributed by atoms with Crippen LogP contribution in [0, 0.1) is 0 Å². The normalized spacial score (nSPS) is 25.8.